The minimum Gasteiger partial charge on any atom is -0.352 e. The summed E-state index contributed by atoms with van der Waals surface area (Å²) in [4.78, 5) is 28.3. The van der Waals surface area contributed by atoms with Gasteiger partial charge in [-0.15, -0.1) is 0 Å². The van der Waals surface area contributed by atoms with Gasteiger partial charge in [-0.1, -0.05) is 13.3 Å². The highest BCUT2D eigenvalue weighted by atomic mass is 32.2. The first-order chi connectivity index (χ1) is 15.2. The Kier molecular flexibility index (Phi) is 7.74. The molecule has 1 atom stereocenters. The summed E-state index contributed by atoms with van der Waals surface area (Å²) in [5.74, 6) is -0.431. The van der Waals surface area contributed by atoms with Crippen LogP contribution in [0.3, 0.4) is 0 Å². The molecule has 1 aliphatic heterocycles. The number of hydrogen-bond donors (Lipinski definition) is 1. The highest BCUT2D eigenvalue weighted by molar-refractivity contribution is 7.89. The average Bonchev–Trinajstić information content (AvgIpc) is 2.78. The molecule has 1 N–H and O–H groups in total. The number of aryl methyl sites for hydroxylation is 1. The molecule has 1 amide bonds. The number of fused-ring (bicyclic) bond motifs is 1. The summed E-state index contributed by atoms with van der Waals surface area (Å²) in [6, 6.07) is 5.05. The van der Waals surface area contributed by atoms with E-state index in [9.17, 15) is 18.0 Å². The van der Waals surface area contributed by atoms with Crippen molar-refractivity contribution < 1.29 is 13.2 Å². The zero-order valence-corrected chi connectivity index (χ0v) is 20.2. The number of carbonyl (C=O) groups excluding carboxylic acids is 1. The molecule has 1 saturated heterocycles. The zero-order valence-electron chi connectivity index (χ0n) is 19.4. The Morgan fingerprint density at radius 3 is 2.69 bits per heavy atom. The molecular formula is C23H34N4O4S. The van der Waals surface area contributed by atoms with E-state index in [1.807, 2.05) is 0 Å². The van der Waals surface area contributed by atoms with E-state index < -0.39 is 21.4 Å². The summed E-state index contributed by atoms with van der Waals surface area (Å²) in [7, 11) is 0.927. The number of sulfonamides is 1. The van der Waals surface area contributed by atoms with Crippen LogP contribution in [0.2, 0.25) is 0 Å². The van der Waals surface area contributed by atoms with Crippen LogP contribution in [0.1, 0.15) is 49.4 Å². The number of likely N-dealkylation sites (tertiary alicyclic amines) is 1. The Balaban J connectivity index is 1.75. The number of pyridine rings is 1. The van der Waals surface area contributed by atoms with Gasteiger partial charge >= 0.3 is 0 Å². The number of amides is 1. The summed E-state index contributed by atoms with van der Waals surface area (Å²) in [5.41, 5.74) is 0.122. The van der Waals surface area contributed by atoms with Crippen molar-refractivity contribution in [1.82, 2.24) is 19.1 Å². The molecule has 0 saturated carbocycles. The van der Waals surface area contributed by atoms with Crippen LogP contribution in [0.25, 0.3) is 10.9 Å². The number of carbonyl (C=O) groups is 1. The van der Waals surface area contributed by atoms with E-state index in [2.05, 4.69) is 17.1 Å². The molecule has 1 aromatic heterocycles. The summed E-state index contributed by atoms with van der Waals surface area (Å²) >= 11 is 0. The first kappa shape index (κ1) is 24.4. The molecule has 0 unspecified atom stereocenters. The Labute approximate surface area is 190 Å². The van der Waals surface area contributed by atoms with Gasteiger partial charge in [0.2, 0.25) is 15.5 Å². The standard InChI is InChI=1S/C23H34N4O4S/c1-5-17-9-6-7-13-27(17)14-8-12-24-23(29)20-16-26(4)21-11-10-18(15-19(21)22(20)28)32(30,31)25(2)3/h10-11,15-17H,5-9,12-14H2,1-4H3,(H,24,29)/t17-/m1/s1. The lowest BCUT2D eigenvalue weighted by molar-refractivity contribution is 0.0945. The molecule has 3 rings (SSSR count). The van der Waals surface area contributed by atoms with Crippen molar-refractivity contribution in [2.45, 2.75) is 50.0 Å². The molecule has 176 valence electrons. The molecule has 2 heterocycles. The third-order valence-corrected chi connectivity index (χ3v) is 8.12. The lowest BCUT2D eigenvalue weighted by Gasteiger charge is -2.35. The molecule has 0 aliphatic carbocycles. The molecule has 1 aliphatic rings. The lowest BCUT2D eigenvalue weighted by Crippen LogP contribution is -2.40. The van der Waals surface area contributed by atoms with Crippen molar-refractivity contribution in [3.63, 3.8) is 0 Å². The van der Waals surface area contributed by atoms with Gasteiger partial charge in [-0.3, -0.25) is 9.59 Å². The van der Waals surface area contributed by atoms with Crippen LogP contribution in [0, 0.1) is 0 Å². The molecular weight excluding hydrogens is 428 g/mol. The summed E-state index contributed by atoms with van der Waals surface area (Å²) < 4.78 is 27.7. The van der Waals surface area contributed by atoms with Gasteiger partial charge in [0.1, 0.15) is 5.56 Å². The fourth-order valence-electron chi connectivity index (χ4n) is 4.40. The van der Waals surface area contributed by atoms with E-state index in [1.165, 1.54) is 51.7 Å². The van der Waals surface area contributed by atoms with E-state index >= 15 is 0 Å². The van der Waals surface area contributed by atoms with Crippen LogP contribution in [-0.2, 0) is 17.1 Å². The van der Waals surface area contributed by atoms with Crippen LogP contribution < -0.4 is 10.7 Å². The Hall–Kier alpha value is -2.23. The maximum Gasteiger partial charge on any atom is 0.256 e. The van der Waals surface area contributed by atoms with Crippen molar-refractivity contribution in [1.29, 1.82) is 0 Å². The van der Waals surface area contributed by atoms with E-state index in [1.54, 1.807) is 17.7 Å². The lowest BCUT2D eigenvalue weighted by atomic mass is 10.00. The Morgan fingerprint density at radius 1 is 1.25 bits per heavy atom. The molecule has 1 aromatic carbocycles. The van der Waals surface area contributed by atoms with Crippen LogP contribution in [0.4, 0.5) is 0 Å². The number of rotatable bonds is 8. The first-order valence-electron chi connectivity index (χ1n) is 11.2. The molecule has 1 fully saturated rings. The smallest absolute Gasteiger partial charge is 0.256 e. The van der Waals surface area contributed by atoms with E-state index in [0.29, 0.717) is 18.1 Å². The number of hydrogen-bond acceptors (Lipinski definition) is 5. The van der Waals surface area contributed by atoms with Crippen LogP contribution in [0.15, 0.2) is 34.1 Å². The highest BCUT2D eigenvalue weighted by Crippen LogP contribution is 2.20. The van der Waals surface area contributed by atoms with Crippen molar-refractivity contribution in [2.24, 2.45) is 7.05 Å². The maximum absolute atomic E-state index is 13.0. The largest absolute Gasteiger partial charge is 0.352 e. The second kappa shape index (κ2) is 10.1. The van der Waals surface area contributed by atoms with Crippen LogP contribution in [0.5, 0.6) is 0 Å². The maximum atomic E-state index is 13.0. The predicted octanol–water partition coefficient (Wildman–Crippen LogP) is 2.17. The number of piperidine rings is 1. The number of aromatic nitrogens is 1. The van der Waals surface area contributed by atoms with Gasteiger partial charge in [0, 0.05) is 51.9 Å². The summed E-state index contributed by atoms with van der Waals surface area (Å²) in [6.07, 6.45) is 7.22. The molecule has 2 aromatic rings. The zero-order chi connectivity index (χ0) is 23.5. The predicted molar refractivity (Wildman–Crippen MR) is 127 cm³/mol. The minimum atomic E-state index is -3.69. The molecule has 0 spiro atoms. The van der Waals surface area contributed by atoms with Crippen molar-refractivity contribution in [3.05, 3.63) is 40.2 Å². The van der Waals surface area contributed by atoms with Gasteiger partial charge in [0.15, 0.2) is 0 Å². The third-order valence-electron chi connectivity index (χ3n) is 6.31. The van der Waals surface area contributed by atoms with E-state index in [-0.39, 0.29) is 15.8 Å². The van der Waals surface area contributed by atoms with Crippen molar-refractivity contribution in [3.8, 4) is 0 Å². The third kappa shape index (κ3) is 5.05. The summed E-state index contributed by atoms with van der Waals surface area (Å²) in [5, 5.41) is 3.07. The fourth-order valence-corrected chi connectivity index (χ4v) is 5.33. The van der Waals surface area contributed by atoms with Crippen molar-refractivity contribution >= 4 is 26.8 Å². The molecule has 0 bridgehead atoms. The normalized spacial score (nSPS) is 17.7. The molecule has 8 nitrogen and oxygen atoms in total. The van der Waals surface area contributed by atoms with E-state index in [0.717, 1.165) is 30.2 Å². The van der Waals surface area contributed by atoms with Gasteiger partial charge in [-0.05, 0) is 50.4 Å². The fraction of sp³-hybridized carbons (Fsp3) is 0.565. The highest BCUT2D eigenvalue weighted by Gasteiger charge is 2.22. The molecule has 32 heavy (non-hydrogen) atoms. The Bertz CT molecular complexity index is 1140. The van der Waals surface area contributed by atoms with Gasteiger partial charge < -0.3 is 14.8 Å². The second-order valence-corrected chi connectivity index (χ2v) is 10.8. The number of benzene rings is 1. The number of nitrogens with zero attached hydrogens (tertiary/aromatic N) is 3. The van der Waals surface area contributed by atoms with Crippen LogP contribution in [-0.4, -0.2) is 67.9 Å². The van der Waals surface area contributed by atoms with Gasteiger partial charge in [0.05, 0.1) is 10.4 Å². The first-order valence-corrected chi connectivity index (χ1v) is 12.7. The van der Waals surface area contributed by atoms with Gasteiger partial charge in [-0.2, -0.15) is 0 Å². The van der Waals surface area contributed by atoms with Crippen molar-refractivity contribution in [2.75, 3.05) is 33.7 Å². The van der Waals surface area contributed by atoms with Crippen LogP contribution >= 0.6 is 0 Å². The molecule has 0 radical (unpaired) electrons. The molecule has 9 heteroatoms. The average molecular weight is 463 g/mol. The quantitative estimate of drug-likeness (QED) is 0.607. The minimum absolute atomic E-state index is 0.0174. The van der Waals surface area contributed by atoms with Gasteiger partial charge in [0.25, 0.3) is 5.91 Å². The summed E-state index contributed by atoms with van der Waals surface area (Å²) in [6.45, 7) is 4.74. The monoisotopic (exact) mass is 462 g/mol. The second-order valence-electron chi connectivity index (χ2n) is 8.65. The topological polar surface area (TPSA) is 91.7 Å². The SMILES string of the molecule is CC[C@@H]1CCCCN1CCCNC(=O)c1cn(C)c2ccc(S(=O)(=O)N(C)C)cc2c1=O. The Morgan fingerprint density at radius 2 is 2.00 bits per heavy atom. The number of nitrogens with one attached hydrogen (secondary N) is 1. The van der Waals surface area contributed by atoms with E-state index in [4.69, 9.17) is 0 Å². The van der Waals surface area contributed by atoms with Gasteiger partial charge in [-0.25, -0.2) is 12.7 Å².